The van der Waals surface area contributed by atoms with Gasteiger partial charge in [-0.2, -0.15) is 0 Å². The lowest BCUT2D eigenvalue weighted by atomic mass is 9.96. The Bertz CT molecular complexity index is 2080. The topological polar surface area (TPSA) is 101 Å². The van der Waals surface area contributed by atoms with Gasteiger partial charge in [0.2, 0.25) is 5.91 Å². The molecule has 1 N–H and O–H groups in total. The number of carbonyl (C=O) groups is 4. The van der Waals surface area contributed by atoms with E-state index in [-0.39, 0.29) is 30.6 Å². The van der Waals surface area contributed by atoms with Gasteiger partial charge in [0.1, 0.15) is 11.6 Å². The Morgan fingerprint density at radius 2 is 1.08 bits per heavy atom. The van der Waals surface area contributed by atoms with Gasteiger partial charge in [-0.05, 0) is 117 Å². The van der Waals surface area contributed by atoms with Crippen molar-refractivity contribution < 1.29 is 33.1 Å². The maximum atomic E-state index is 13.9. The molecule has 1 fully saturated rings. The number of amides is 3. The fourth-order valence-corrected chi connectivity index (χ4v) is 7.18. The van der Waals surface area contributed by atoms with E-state index in [1.54, 1.807) is 29.2 Å². The van der Waals surface area contributed by atoms with Crippen molar-refractivity contribution in [3.8, 4) is 0 Å². The highest BCUT2D eigenvalue weighted by atomic mass is 19.1. The van der Waals surface area contributed by atoms with Crippen molar-refractivity contribution in [3.63, 3.8) is 0 Å². The molecule has 9 nitrogen and oxygen atoms in total. The molecule has 3 amide bonds. The summed E-state index contributed by atoms with van der Waals surface area (Å²) < 4.78 is 27.4. The van der Waals surface area contributed by atoms with Crippen LogP contribution in [0.25, 0.3) is 0 Å². The van der Waals surface area contributed by atoms with Crippen molar-refractivity contribution in [2.45, 2.75) is 52.6 Å². The highest BCUT2D eigenvalue weighted by Gasteiger charge is 2.41. The average Bonchev–Trinajstić information content (AvgIpc) is 3.49. The molecule has 0 aliphatic carbocycles. The van der Waals surface area contributed by atoms with Crippen LogP contribution in [0, 0.1) is 39.3 Å². The van der Waals surface area contributed by atoms with Crippen molar-refractivity contribution in [1.29, 1.82) is 0 Å². The summed E-state index contributed by atoms with van der Waals surface area (Å²) in [6, 6.07) is 18.2. The van der Waals surface area contributed by atoms with Gasteiger partial charge < -0.3 is 24.7 Å². The highest BCUT2D eigenvalue weighted by molar-refractivity contribution is 6.12. The van der Waals surface area contributed by atoms with E-state index in [0.717, 1.165) is 40.9 Å². The summed E-state index contributed by atoms with van der Waals surface area (Å²) >= 11 is 0. The maximum Gasteiger partial charge on any atom is 0.305 e. The van der Waals surface area contributed by atoms with Crippen LogP contribution in [0.1, 0.15) is 79.0 Å². The van der Waals surface area contributed by atoms with Crippen LogP contribution >= 0.6 is 0 Å². The van der Waals surface area contributed by atoms with E-state index in [2.05, 4.69) is 4.90 Å². The Kier molecular flexibility index (Phi) is 10.3. The molecule has 0 bridgehead atoms. The molecule has 270 valence electrons. The van der Waals surface area contributed by atoms with E-state index >= 15 is 0 Å². The first-order chi connectivity index (χ1) is 24.7. The number of aryl methyl sites for hydroxylation is 4. The van der Waals surface area contributed by atoms with Crippen LogP contribution < -0.4 is 9.80 Å². The second-order valence-corrected chi connectivity index (χ2v) is 13.9. The van der Waals surface area contributed by atoms with Gasteiger partial charge in [-0.25, -0.2) is 8.78 Å². The summed E-state index contributed by atoms with van der Waals surface area (Å²) in [4.78, 5) is 57.4. The molecule has 2 atom stereocenters. The lowest BCUT2D eigenvalue weighted by Gasteiger charge is -2.34. The smallest absolute Gasteiger partial charge is 0.305 e. The first-order valence-corrected chi connectivity index (χ1v) is 17.3. The molecular weight excluding hydrogens is 666 g/mol. The molecule has 4 aromatic rings. The van der Waals surface area contributed by atoms with E-state index < -0.39 is 29.7 Å². The predicted octanol–water partition coefficient (Wildman–Crippen LogP) is 6.93. The quantitative estimate of drug-likeness (QED) is 0.233. The highest BCUT2D eigenvalue weighted by Crippen LogP contribution is 2.42. The van der Waals surface area contributed by atoms with Gasteiger partial charge in [-0.3, -0.25) is 19.2 Å². The van der Waals surface area contributed by atoms with Crippen LogP contribution in [0.15, 0.2) is 72.8 Å². The minimum absolute atomic E-state index is 0.0309. The first kappa shape index (κ1) is 36.4. The molecule has 11 heteroatoms. The molecular formula is C41H42F2N4O5. The number of carbonyl (C=O) groups excluding carboxylic acids is 3. The van der Waals surface area contributed by atoms with Crippen LogP contribution in [0.4, 0.5) is 20.2 Å². The third kappa shape index (κ3) is 7.18. The normalized spacial score (nSPS) is 18.2. The minimum Gasteiger partial charge on any atom is -0.481 e. The number of nitrogens with zero attached hydrogens (tertiary/aromatic N) is 4. The summed E-state index contributed by atoms with van der Waals surface area (Å²) in [6.45, 7) is 10.9. The van der Waals surface area contributed by atoms with Gasteiger partial charge in [-0.15, -0.1) is 0 Å². The third-order valence-electron chi connectivity index (χ3n) is 10.3. The summed E-state index contributed by atoms with van der Waals surface area (Å²) in [5.41, 5.74) is 7.55. The lowest BCUT2D eigenvalue weighted by molar-refractivity contribution is -0.137. The zero-order chi connectivity index (χ0) is 37.4. The Morgan fingerprint density at radius 3 is 1.50 bits per heavy atom. The van der Waals surface area contributed by atoms with Crippen LogP contribution in [-0.2, 0) is 9.59 Å². The molecule has 0 aromatic heterocycles. The monoisotopic (exact) mass is 708 g/mol. The minimum atomic E-state index is -1.00. The third-order valence-corrected chi connectivity index (χ3v) is 10.3. The SMILES string of the molecule is Cc1cc2c(cc1C)C(CC(=O)N1CCN(C)CC1)N(c1cccc(F)c1)C2=O.Cc1cc2c(cc1C)C(CC(=O)O)N(c1cccc(F)c1)C2=O. The largest absolute Gasteiger partial charge is 0.481 e. The number of carboxylic acids is 1. The van der Waals surface area contributed by atoms with E-state index in [9.17, 15) is 33.1 Å². The summed E-state index contributed by atoms with van der Waals surface area (Å²) in [6.07, 6.45) is -0.0285. The molecule has 1 saturated heterocycles. The summed E-state index contributed by atoms with van der Waals surface area (Å²) in [5, 5.41) is 9.22. The van der Waals surface area contributed by atoms with Gasteiger partial charge in [0.25, 0.3) is 11.8 Å². The lowest BCUT2D eigenvalue weighted by Crippen LogP contribution is -2.47. The van der Waals surface area contributed by atoms with E-state index in [1.165, 1.54) is 35.2 Å². The van der Waals surface area contributed by atoms with Crippen LogP contribution in [-0.4, -0.2) is 71.8 Å². The zero-order valence-electron chi connectivity index (χ0n) is 30.0. The van der Waals surface area contributed by atoms with Crippen molar-refractivity contribution in [3.05, 3.63) is 129 Å². The number of likely N-dealkylation sites (N-methyl/N-ethyl adjacent to an activating group) is 1. The van der Waals surface area contributed by atoms with Crippen molar-refractivity contribution >= 4 is 35.1 Å². The fourth-order valence-electron chi connectivity index (χ4n) is 7.18. The molecule has 0 radical (unpaired) electrons. The zero-order valence-corrected chi connectivity index (χ0v) is 30.0. The van der Waals surface area contributed by atoms with E-state index in [4.69, 9.17) is 0 Å². The molecule has 2 unspecified atom stereocenters. The van der Waals surface area contributed by atoms with Crippen molar-refractivity contribution in [1.82, 2.24) is 9.80 Å². The summed E-state index contributed by atoms with van der Waals surface area (Å²) in [5.74, 6) is -2.31. The van der Waals surface area contributed by atoms with Gasteiger partial charge in [0, 0.05) is 48.7 Å². The Labute approximate surface area is 302 Å². The average molecular weight is 709 g/mol. The first-order valence-electron chi connectivity index (χ1n) is 17.3. The summed E-state index contributed by atoms with van der Waals surface area (Å²) in [7, 11) is 2.05. The molecule has 3 aliphatic heterocycles. The maximum absolute atomic E-state index is 13.9. The van der Waals surface area contributed by atoms with Crippen LogP contribution in [0.2, 0.25) is 0 Å². The number of benzene rings is 4. The number of anilines is 2. The second kappa shape index (κ2) is 14.7. The molecule has 3 aliphatic rings. The van der Waals surface area contributed by atoms with Gasteiger partial charge in [0.05, 0.1) is 24.9 Å². The number of fused-ring (bicyclic) bond motifs is 2. The van der Waals surface area contributed by atoms with Crippen molar-refractivity contribution in [2.75, 3.05) is 43.0 Å². The number of aliphatic carboxylic acids is 1. The number of rotatable bonds is 6. The van der Waals surface area contributed by atoms with E-state index in [1.807, 2.05) is 57.8 Å². The standard InChI is InChI=1S/C23H26FN3O2.C18H16FNO3/c1-15-11-19-20(12-16(15)2)23(29)27(18-6-4-5-17(24)13-18)21(19)14-22(28)26-9-7-25(3)8-10-26;1-10-6-14-15(7-11(10)2)18(23)20(16(14)9-17(21)22)13-5-3-4-12(19)8-13/h4-6,11-13,21H,7-10,14H2,1-3H3;3-8,16H,9H2,1-2H3,(H,21,22). The van der Waals surface area contributed by atoms with Crippen LogP contribution in [0.3, 0.4) is 0 Å². The van der Waals surface area contributed by atoms with Crippen LogP contribution in [0.5, 0.6) is 0 Å². The predicted molar refractivity (Wildman–Crippen MR) is 195 cm³/mol. The fraction of sp³-hybridized carbons (Fsp3) is 0.317. The molecule has 0 spiro atoms. The number of carboxylic acid groups (broad SMARTS) is 1. The number of hydrogen-bond donors (Lipinski definition) is 1. The molecule has 3 heterocycles. The Hall–Kier alpha value is -5.42. The molecule has 7 rings (SSSR count). The van der Waals surface area contributed by atoms with Gasteiger partial charge in [0.15, 0.2) is 0 Å². The van der Waals surface area contributed by atoms with E-state index in [0.29, 0.717) is 41.2 Å². The van der Waals surface area contributed by atoms with Crippen molar-refractivity contribution in [2.24, 2.45) is 0 Å². The molecule has 4 aromatic carbocycles. The van der Waals surface area contributed by atoms with Gasteiger partial charge in [-0.1, -0.05) is 24.3 Å². The Balaban J connectivity index is 0.000000183. The number of piperazine rings is 1. The Morgan fingerprint density at radius 1 is 0.654 bits per heavy atom. The molecule has 0 saturated carbocycles. The number of hydrogen-bond acceptors (Lipinski definition) is 5. The molecule has 52 heavy (non-hydrogen) atoms. The second-order valence-electron chi connectivity index (χ2n) is 13.9. The van der Waals surface area contributed by atoms with Gasteiger partial charge >= 0.3 is 5.97 Å². The number of halogens is 2.